The van der Waals surface area contributed by atoms with E-state index in [1.54, 1.807) is 40.6 Å². The van der Waals surface area contributed by atoms with Gasteiger partial charge in [-0.15, -0.1) is 0 Å². The van der Waals surface area contributed by atoms with Crippen molar-refractivity contribution in [3.63, 3.8) is 0 Å². The van der Waals surface area contributed by atoms with E-state index in [1.807, 2.05) is 29.2 Å². The van der Waals surface area contributed by atoms with Crippen LogP contribution in [0.1, 0.15) is 36.8 Å². The third-order valence-electron chi connectivity index (χ3n) is 7.71. The Bertz CT molecular complexity index is 1320. The number of methoxy groups -OCH3 is 4. The number of aliphatic hydroxyl groups is 1. The number of nitrogens with two attached hydrogens (primary N) is 1. The zero-order valence-corrected chi connectivity index (χ0v) is 24.6. The molecule has 3 atom stereocenters. The Morgan fingerprint density at radius 2 is 1.51 bits per heavy atom. The molecule has 0 saturated heterocycles. The summed E-state index contributed by atoms with van der Waals surface area (Å²) in [6.07, 6.45) is -4.09. The Morgan fingerprint density at radius 1 is 0.930 bits per heavy atom. The maximum Gasteiger partial charge on any atom is 0.414 e. The maximum absolute atomic E-state index is 13.2. The Hall–Kier alpha value is -4.13. The smallest absolute Gasteiger partial charge is 0.414 e. The van der Waals surface area contributed by atoms with E-state index in [0.717, 1.165) is 11.1 Å². The van der Waals surface area contributed by atoms with Gasteiger partial charge in [-0.3, -0.25) is 0 Å². The standard InChI is InChI=1S/C30H38F3N5O5/c1-40-22-10-8-19(24(13-22)42-3)15-38(16-20-9-11-23(41-2)14-25(20)43-4)29-26(34)28(35-17-36-29)37-21-7-5-6-18(12-21)27(39)30(31,32)33/h8-11,13-14,17-18,21,27,39H,5-7,12,15-16,34H2,1-4H3,(H,35,36,37). The van der Waals surface area contributed by atoms with E-state index in [2.05, 4.69) is 15.3 Å². The quantitative estimate of drug-likeness (QED) is 0.254. The SMILES string of the molecule is COc1ccc(CN(Cc2ccc(OC)cc2OC)c2ncnc(NC3CCCC(C(O)C(F)(F)F)C3)c2N)c(OC)c1. The van der Waals surface area contributed by atoms with Gasteiger partial charge in [0, 0.05) is 42.4 Å². The molecule has 0 bridgehead atoms. The molecule has 4 N–H and O–H groups in total. The van der Waals surface area contributed by atoms with Crippen LogP contribution in [0.4, 0.5) is 30.5 Å². The number of hydrogen-bond acceptors (Lipinski definition) is 10. The first-order valence-electron chi connectivity index (χ1n) is 13.9. The molecule has 2 aromatic carbocycles. The molecule has 3 unspecified atom stereocenters. The molecule has 234 valence electrons. The molecule has 1 heterocycles. The first kappa shape index (κ1) is 31.8. The number of anilines is 3. The van der Waals surface area contributed by atoms with Gasteiger partial charge in [-0.1, -0.05) is 6.42 Å². The maximum atomic E-state index is 13.2. The molecular weight excluding hydrogens is 567 g/mol. The third kappa shape index (κ3) is 7.64. The van der Waals surface area contributed by atoms with E-state index in [-0.39, 0.29) is 18.2 Å². The normalized spacial score (nSPS) is 17.6. The molecule has 0 spiro atoms. The number of halogens is 3. The van der Waals surface area contributed by atoms with Gasteiger partial charge in [-0.2, -0.15) is 13.2 Å². The van der Waals surface area contributed by atoms with Crippen molar-refractivity contribution >= 4 is 17.3 Å². The molecule has 3 aromatic rings. The van der Waals surface area contributed by atoms with Crippen molar-refractivity contribution in [2.24, 2.45) is 5.92 Å². The molecule has 1 saturated carbocycles. The largest absolute Gasteiger partial charge is 0.497 e. The van der Waals surface area contributed by atoms with Gasteiger partial charge in [0.1, 0.15) is 35.0 Å². The minimum atomic E-state index is -4.67. The Kier molecular flexibility index (Phi) is 10.3. The van der Waals surface area contributed by atoms with Crippen LogP contribution in [0.3, 0.4) is 0 Å². The second kappa shape index (κ2) is 13.9. The van der Waals surface area contributed by atoms with Crippen molar-refractivity contribution < 1.29 is 37.2 Å². The van der Waals surface area contributed by atoms with Crippen molar-refractivity contribution in [2.75, 3.05) is 44.4 Å². The highest BCUT2D eigenvalue weighted by Gasteiger charge is 2.44. The Labute approximate surface area is 248 Å². The highest BCUT2D eigenvalue weighted by atomic mass is 19.4. The molecule has 43 heavy (non-hydrogen) atoms. The average Bonchev–Trinajstić information content (AvgIpc) is 3.01. The van der Waals surface area contributed by atoms with E-state index in [9.17, 15) is 18.3 Å². The number of alkyl halides is 3. The minimum Gasteiger partial charge on any atom is -0.497 e. The lowest BCUT2D eigenvalue weighted by Gasteiger charge is -2.34. The number of hydrogen-bond donors (Lipinski definition) is 3. The molecule has 10 nitrogen and oxygen atoms in total. The predicted molar refractivity (Wildman–Crippen MR) is 157 cm³/mol. The van der Waals surface area contributed by atoms with E-state index in [0.29, 0.717) is 67.0 Å². The summed E-state index contributed by atoms with van der Waals surface area (Å²) >= 11 is 0. The average molecular weight is 606 g/mol. The molecule has 0 aliphatic heterocycles. The summed E-state index contributed by atoms with van der Waals surface area (Å²) in [7, 11) is 6.29. The van der Waals surface area contributed by atoms with Gasteiger partial charge in [0.25, 0.3) is 0 Å². The number of aromatic nitrogens is 2. The van der Waals surface area contributed by atoms with Crippen molar-refractivity contribution in [3.05, 3.63) is 53.9 Å². The third-order valence-corrected chi connectivity index (χ3v) is 7.71. The zero-order valence-electron chi connectivity index (χ0n) is 24.6. The van der Waals surface area contributed by atoms with Crippen LogP contribution < -0.4 is 34.9 Å². The molecule has 0 amide bonds. The van der Waals surface area contributed by atoms with Crippen molar-refractivity contribution in [3.8, 4) is 23.0 Å². The molecule has 13 heteroatoms. The number of nitrogen functional groups attached to an aromatic ring is 1. The van der Waals surface area contributed by atoms with Gasteiger partial charge < -0.3 is 40.0 Å². The second-order valence-corrected chi connectivity index (χ2v) is 10.4. The topological polar surface area (TPSA) is 124 Å². The Morgan fingerprint density at radius 3 is 2.02 bits per heavy atom. The fourth-order valence-electron chi connectivity index (χ4n) is 5.44. The van der Waals surface area contributed by atoms with Crippen LogP contribution in [0.5, 0.6) is 23.0 Å². The van der Waals surface area contributed by atoms with Crippen LogP contribution in [0.25, 0.3) is 0 Å². The first-order chi connectivity index (χ1) is 20.6. The van der Waals surface area contributed by atoms with Crippen LogP contribution in [0, 0.1) is 5.92 Å². The molecule has 1 aromatic heterocycles. The van der Waals surface area contributed by atoms with Gasteiger partial charge in [0.15, 0.2) is 17.7 Å². The number of aliphatic hydroxyl groups excluding tert-OH is 1. The van der Waals surface area contributed by atoms with Gasteiger partial charge in [0.05, 0.1) is 28.4 Å². The number of nitrogens with zero attached hydrogens (tertiary/aromatic N) is 3. The molecule has 1 fully saturated rings. The molecule has 1 aliphatic rings. The number of nitrogens with one attached hydrogen (secondary N) is 1. The van der Waals surface area contributed by atoms with Crippen LogP contribution in [0.2, 0.25) is 0 Å². The lowest BCUT2D eigenvalue weighted by molar-refractivity contribution is -0.222. The van der Waals surface area contributed by atoms with E-state index in [1.165, 1.54) is 6.33 Å². The zero-order chi connectivity index (χ0) is 31.1. The summed E-state index contributed by atoms with van der Waals surface area (Å²) < 4.78 is 61.5. The van der Waals surface area contributed by atoms with Crippen LogP contribution >= 0.6 is 0 Å². The molecule has 4 rings (SSSR count). The van der Waals surface area contributed by atoms with Crippen LogP contribution in [0.15, 0.2) is 42.7 Å². The molecule has 1 aliphatic carbocycles. The fraction of sp³-hybridized carbons (Fsp3) is 0.467. The van der Waals surface area contributed by atoms with Crippen LogP contribution in [-0.4, -0.2) is 61.8 Å². The summed E-state index contributed by atoms with van der Waals surface area (Å²) in [5, 5.41) is 13.1. The molecule has 0 radical (unpaired) electrons. The lowest BCUT2D eigenvalue weighted by atomic mass is 9.82. The van der Waals surface area contributed by atoms with Gasteiger partial charge in [0.2, 0.25) is 0 Å². The minimum absolute atomic E-state index is 0.134. The Balaban J connectivity index is 1.67. The number of rotatable bonds is 12. The number of ether oxygens (including phenoxy) is 4. The summed E-state index contributed by atoms with van der Waals surface area (Å²) in [6, 6.07) is 10.7. The van der Waals surface area contributed by atoms with Gasteiger partial charge >= 0.3 is 6.18 Å². The summed E-state index contributed by atoms with van der Waals surface area (Å²) in [4.78, 5) is 10.8. The fourth-order valence-corrected chi connectivity index (χ4v) is 5.44. The van der Waals surface area contributed by atoms with Crippen molar-refractivity contribution in [1.82, 2.24) is 9.97 Å². The van der Waals surface area contributed by atoms with Crippen molar-refractivity contribution in [1.29, 1.82) is 0 Å². The second-order valence-electron chi connectivity index (χ2n) is 10.4. The van der Waals surface area contributed by atoms with Gasteiger partial charge in [-0.25, -0.2) is 9.97 Å². The lowest BCUT2D eigenvalue weighted by Crippen LogP contribution is -2.41. The van der Waals surface area contributed by atoms with Crippen molar-refractivity contribution in [2.45, 2.75) is 57.1 Å². The highest BCUT2D eigenvalue weighted by molar-refractivity contribution is 5.75. The highest BCUT2D eigenvalue weighted by Crippen LogP contribution is 2.38. The summed E-state index contributed by atoms with van der Waals surface area (Å²) in [5.74, 6) is 2.30. The first-order valence-corrected chi connectivity index (χ1v) is 13.9. The van der Waals surface area contributed by atoms with E-state index >= 15 is 0 Å². The number of benzene rings is 2. The predicted octanol–water partition coefficient (Wildman–Crippen LogP) is 5.19. The van der Waals surface area contributed by atoms with Crippen LogP contribution in [-0.2, 0) is 13.1 Å². The monoisotopic (exact) mass is 605 g/mol. The van der Waals surface area contributed by atoms with E-state index in [4.69, 9.17) is 24.7 Å². The van der Waals surface area contributed by atoms with Gasteiger partial charge in [-0.05, 0) is 49.4 Å². The molecular formula is C30H38F3N5O5. The summed E-state index contributed by atoms with van der Waals surface area (Å²) in [6.45, 7) is 0.651. The summed E-state index contributed by atoms with van der Waals surface area (Å²) in [5.41, 5.74) is 8.55. The van der Waals surface area contributed by atoms with E-state index < -0.39 is 18.2 Å².